The number of piperidine rings is 1. The van der Waals surface area contributed by atoms with Gasteiger partial charge >= 0.3 is 0 Å². The highest BCUT2D eigenvalue weighted by Crippen LogP contribution is 2.21. The molecular formula is C14H26N2O3. The molecule has 0 bridgehead atoms. The van der Waals surface area contributed by atoms with Crippen molar-refractivity contribution in [3.63, 3.8) is 0 Å². The van der Waals surface area contributed by atoms with Gasteiger partial charge < -0.3 is 14.7 Å². The van der Waals surface area contributed by atoms with Crippen molar-refractivity contribution in [3.8, 4) is 0 Å². The number of amides is 1. The van der Waals surface area contributed by atoms with Crippen molar-refractivity contribution in [3.05, 3.63) is 0 Å². The Bertz CT molecular complexity index is 301. The Morgan fingerprint density at radius 2 is 2.00 bits per heavy atom. The maximum atomic E-state index is 12.4. The van der Waals surface area contributed by atoms with E-state index < -0.39 is 0 Å². The van der Waals surface area contributed by atoms with E-state index in [1.165, 1.54) is 6.42 Å². The topological polar surface area (TPSA) is 53.0 Å². The first-order valence-corrected chi connectivity index (χ1v) is 7.30. The number of hydrogen-bond donors (Lipinski definition) is 1. The lowest BCUT2D eigenvalue weighted by Crippen LogP contribution is -2.53. The van der Waals surface area contributed by atoms with Crippen LogP contribution in [0.15, 0.2) is 0 Å². The Morgan fingerprint density at radius 1 is 1.32 bits per heavy atom. The second-order valence-electron chi connectivity index (χ2n) is 6.13. The van der Waals surface area contributed by atoms with Crippen LogP contribution >= 0.6 is 0 Å². The van der Waals surface area contributed by atoms with E-state index in [2.05, 4.69) is 18.7 Å². The van der Waals surface area contributed by atoms with E-state index >= 15 is 0 Å². The first-order chi connectivity index (χ1) is 9.10. The monoisotopic (exact) mass is 270 g/mol. The number of carbonyl (C=O) groups excluding carboxylic acids is 1. The third kappa shape index (κ3) is 3.91. The lowest BCUT2D eigenvalue weighted by Gasteiger charge is -2.38. The number of nitrogens with zero attached hydrogens (tertiary/aromatic N) is 2. The smallest absolute Gasteiger partial charge is 0.236 e. The Labute approximate surface area is 115 Å². The minimum atomic E-state index is -0.0302. The molecule has 5 heteroatoms. The van der Waals surface area contributed by atoms with Gasteiger partial charge in [0.15, 0.2) is 0 Å². The fourth-order valence-electron chi connectivity index (χ4n) is 3.21. The van der Waals surface area contributed by atoms with Gasteiger partial charge in [0.2, 0.25) is 5.91 Å². The van der Waals surface area contributed by atoms with Gasteiger partial charge in [0, 0.05) is 19.6 Å². The second kappa shape index (κ2) is 6.68. The van der Waals surface area contributed by atoms with Crippen LogP contribution in [0.2, 0.25) is 0 Å². The number of likely N-dealkylation sites (tertiary alicyclic amines) is 1. The fourth-order valence-corrected chi connectivity index (χ4v) is 3.21. The van der Waals surface area contributed by atoms with E-state index in [1.54, 1.807) is 0 Å². The SMILES string of the molecule is CC1CC(C)CN(C(=O)CN2CCOCC2CO)C1. The molecule has 2 rings (SSSR count). The molecule has 1 amide bonds. The lowest BCUT2D eigenvalue weighted by atomic mass is 9.92. The standard InChI is InChI=1S/C14H26N2O3/c1-11-5-12(2)7-16(6-11)14(18)8-15-3-4-19-10-13(15)9-17/h11-13,17H,3-10H2,1-2H3. The number of morpholine rings is 1. The molecular weight excluding hydrogens is 244 g/mol. The average molecular weight is 270 g/mol. The molecule has 0 radical (unpaired) electrons. The molecule has 0 aliphatic carbocycles. The molecule has 2 saturated heterocycles. The zero-order valence-corrected chi connectivity index (χ0v) is 12.0. The highest BCUT2D eigenvalue weighted by molar-refractivity contribution is 5.78. The number of aliphatic hydroxyl groups excluding tert-OH is 1. The summed E-state index contributed by atoms with van der Waals surface area (Å²) in [5.74, 6) is 1.37. The summed E-state index contributed by atoms with van der Waals surface area (Å²) >= 11 is 0. The molecule has 3 atom stereocenters. The molecule has 0 spiro atoms. The molecule has 2 fully saturated rings. The van der Waals surface area contributed by atoms with Crippen LogP contribution in [-0.4, -0.2) is 72.9 Å². The highest BCUT2D eigenvalue weighted by Gasteiger charge is 2.29. The zero-order chi connectivity index (χ0) is 13.8. The third-order valence-corrected chi connectivity index (χ3v) is 4.12. The average Bonchev–Trinajstić information content (AvgIpc) is 2.38. The molecule has 0 saturated carbocycles. The van der Waals surface area contributed by atoms with Crippen molar-refractivity contribution in [1.82, 2.24) is 9.80 Å². The zero-order valence-electron chi connectivity index (χ0n) is 12.0. The second-order valence-corrected chi connectivity index (χ2v) is 6.13. The molecule has 0 aromatic carbocycles. The summed E-state index contributed by atoms with van der Waals surface area (Å²) in [6.45, 7) is 8.54. The van der Waals surface area contributed by atoms with Crippen molar-refractivity contribution < 1.29 is 14.6 Å². The van der Waals surface area contributed by atoms with Crippen LogP contribution in [0.5, 0.6) is 0 Å². The predicted molar refractivity (Wildman–Crippen MR) is 72.8 cm³/mol. The maximum absolute atomic E-state index is 12.4. The molecule has 1 N–H and O–H groups in total. The summed E-state index contributed by atoms with van der Waals surface area (Å²) in [6, 6.07) is -0.0302. The lowest BCUT2D eigenvalue weighted by molar-refractivity contribution is -0.138. The molecule has 2 aliphatic rings. The number of rotatable bonds is 3. The largest absolute Gasteiger partial charge is 0.395 e. The van der Waals surface area contributed by atoms with Gasteiger partial charge in [-0.15, -0.1) is 0 Å². The Hall–Kier alpha value is -0.650. The van der Waals surface area contributed by atoms with Gasteiger partial charge in [0.25, 0.3) is 0 Å². The van der Waals surface area contributed by atoms with Gasteiger partial charge in [0.1, 0.15) is 0 Å². The van der Waals surface area contributed by atoms with Crippen molar-refractivity contribution in [1.29, 1.82) is 0 Å². The molecule has 110 valence electrons. The summed E-state index contributed by atoms with van der Waals surface area (Å²) < 4.78 is 5.34. The summed E-state index contributed by atoms with van der Waals surface area (Å²) in [4.78, 5) is 16.4. The minimum absolute atomic E-state index is 0.0302. The quantitative estimate of drug-likeness (QED) is 0.795. The van der Waals surface area contributed by atoms with Crippen LogP contribution < -0.4 is 0 Å². The minimum Gasteiger partial charge on any atom is -0.395 e. The Morgan fingerprint density at radius 3 is 2.63 bits per heavy atom. The molecule has 19 heavy (non-hydrogen) atoms. The van der Waals surface area contributed by atoms with E-state index in [4.69, 9.17) is 4.74 Å². The Balaban J connectivity index is 1.88. The number of aliphatic hydroxyl groups is 1. The Kier molecular flexibility index (Phi) is 5.19. The van der Waals surface area contributed by atoms with Gasteiger partial charge in [0.05, 0.1) is 32.4 Å². The van der Waals surface area contributed by atoms with Gasteiger partial charge in [-0.25, -0.2) is 0 Å². The number of ether oxygens (including phenoxy) is 1. The molecule has 3 unspecified atom stereocenters. The van der Waals surface area contributed by atoms with E-state index in [0.29, 0.717) is 31.6 Å². The van der Waals surface area contributed by atoms with Crippen LogP contribution in [0.4, 0.5) is 0 Å². The molecule has 5 nitrogen and oxygen atoms in total. The summed E-state index contributed by atoms with van der Waals surface area (Å²) in [6.07, 6.45) is 1.21. The van der Waals surface area contributed by atoms with Crippen molar-refractivity contribution in [2.24, 2.45) is 11.8 Å². The predicted octanol–water partition coefficient (Wildman–Crippen LogP) is 0.184. The van der Waals surface area contributed by atoms with E-state index in [-0.39, 0.29) is 18.6 Å². The van der Waals surface area contributed by atoms with Crippen molar-refractivity contribution >= 4 is 5.91 Å². The first-order valence-electron chi connectivity index (χ1n) is 7.30. The van der Waals surface area contributed by atoms with Crippen molar-refractivity contribution in [2.45, 2.75) is 26.3 Å². The van der Waals surface area contributed by atoms with E-state index in [0.717, 1.165) is 19.6 Å². The van der Waals surface area contributed by atoms with Crippen molar-refractivity contribution in [2.75, 3.05) is 46.0 Å². The normalized spacial score (nSPS) is 33.4. The molecule has 0 aromatic heterocycles. The van der Waals surface area contributed by atoms with Crippen LogP contribution in [0.1, 0.15) is 20.3 Å². The van der Waals surface area contributed by atoms with Crippen LogP contribution in [0.25, 0.3) is 0 Å². The first kappa shape index (κ1) is 14.8. The van der Waals surface area contributed by atoms with E-state index in [9.17, 15) is 9.90 Å². The van der Waals surface area contributed by atoms with Gasteiger partial charge in [-0.1, -0.05) is 13.8 Å². The summed E-state index contributed by atoms with van der Waals surface area (Å²) in [5, 5.41) is 9.32. The van der Waals surface area contributed by atoms with Gasteiger partial charge in [-0.2, -0.15) is 0 Å². The van der Waals surface area contributed by atoms with Crippen LogP contribution in [0, 0.1) is 11.8 Å². The fraction of sp³-hybridized carbons (Fsp3) is 0.929. The number of hydrogen-bond acceptors (Lipinski definition) is 4. The van der Waals surface area contributed by atoms with Crippen LogP contribution in [0.3, 0.4) is 0 Å². The third-order valence-electron chi connectivity index (χ3n) is 4.12. The summed E-state index contributed by atoms with van der Waals surface area (Å²) in [5.41, 5.74) is 0. The maximum Gasteiger partial charge on any atom is 0.236 e. The highest BCUT2D eigenvalue weighted by atomic mass is 16.5. The molecule has 2 heterocycles. The molecule has 0 aromatic rings. The number of carbonyl (C=O) groups is 1. The van der Waals surface area contributed by atoms with E-state index in [1.807, 2.05) is 4.90 Å². The van der Waals surface area contributed by atoms with Crippen LogP contribution in [-0.2, 0) is 9.53 Å². The molecule has 2 aliphatic heterocycles. The van der Waals surface area contributed by atoms with Gasteiger partial charge in [-0.3, -0.25) is 9.69 Å². The van der Waals surface area contributed by atoms with Gasteiger partial charge in [-0.05, 0) is 18.3 Å². The summed E-state index contributed by atoms with van der Waals surface area (Å²) in [7, 11) is 0.